The third kappa shape index (κ3) is 5.17. The molecular formula is C22H24FN4O4S+. The molecule has 1 unspecified atom stereocenters. The Morgan fingerprint density at radius 2 is 1.91 bits per heavy atom. The molecule has 0 aliphatic heterocycles. The van der Waals surface area contributed by atoms with Crippen molar-refractivity contribution in [3.05, 3.63) is 71.3 Å². The minimum Gasteiger partial charge on any atom is -0.478 e. The highest BCUT2D eigenvalue weighted by molar-refractivity contribution is 7.22. The zero-order chi connectivity index (χ0) is 23.5. The Bertz CT molecular complexity index is 1190. The van der Waals surface area contributed by atoms with Gasteiger partial charge in [0.05, 0.1) is 21.5 Å². The second-order valence-corrected chi connectivity index (χ2v) is 8.21. The summed E-state index contributed by atoms with van der Waals surface area (Å²) in [5.74, 6) is -1.59. The predicted octanol–water partition coefficient (Wildman–Crippen LogP) is 5.45. The van der Waals surface area contributed by atoms with Gasteiger partial charge in [-0.25, -0.2) is 14.2 Å². The van der Waals surface area contributed by atoms with E-state index < -0.39 is 10.9 Å². The number of benzene rings is 2. The first-order chi connectivity index (χ1) is 15.1. The van der Waals surface area contributed by atoms with Crippen LogP contribution in [0.25, 0.3) is 10.2 Å². The van der Waals surface area contributed by atoms with Crippen molar-refractivity contribution >= 4 is 38.4 Å². The molecule has 0 saturated heterocycles. The molecule has 3 aromatic rings. The van der Waals surface area contributed by atoms with Crippen molar-refractivity contribution in [3.63, 3.8) is 0 Å². The van der Waals surface area contributed by atoms with Crippen LogP contribution in [0.5, 0.6) is 0 Å². The van der Waals surface area contributed by atoms with Crippen LogP contribution >= 0.6 is 11.3 Å². The largest absolute Gasteiger partial charge is 0.478 e. The van der Waals surface area contributed by atoms with Crippen LogP contribution in [0.1, 0.15) is 43.1 Å². The monoisotopic (exact) mass is 459 g/mol. The van der Waals surface area contributed by atoms with Gasteiger partial charge in [0.25, 0.3) is 0 Å². The number of fused-ring (bicyclic) bond motifs is 1. The third-order valence-electron chi connectivity index (χ3n) is 4.92. The maximum absolute atomic E-state index is 13.4. The lowest BCUT2D eigenvalue weighted by Crippen LogP contribution is -2.45. The van der Waals surface area contributed by atoms with Gasteiger partial charge >= 0.3 is 11.8 Å². The Morgan fingerprint density at radius 1 is 1.25 bits per heavy atom. The minimum absolute atomic E-state index is 0.0349. The first-order valence-corrected chi connectivity index (χ1v) is 10.7. The van der Waals surface area contributed by atoms with Gasteiger partial charge in [-0.05, 0) is 55.2 Å². The van der Waals surface area contributed by atoms with Crippen molar-refractivity contribution in [2.75, 3.05) is 5.43 Å². The molecule has 1 aromatic heterocycles. The van der Waals surface area contributed by atoms with Crippen molar-refractivity contribution in [3.8, 4) is 0 Å². The van der Waals surface area contributed by atoms with Crippen LogP contribution in [0.2, 0.25) is 0 Å². The Hall–Kier alpha value is -3.18. The molecule has 1 atom stereocenters. The zero-order valence-corrected chi connectivity index (χ0v) is 18.6. The van der Waals surface area contributed by atoms with Gasteiger partial charge in [0, 0.05) is 6.08 Å². The molecular weight excluding hydrogens is 435 g/mol. The fourth-order valence-electron chi connectivity index (χ4n) is 3.01. The number of rotatable bonds is 8. The fourth-order valence-corrected chi connectivity index (χ4v) is 3.94. The van der Waals surface area contributed by atoms with E-state index in [0.29, 0.717) is 21.5 Å². The summed E-state index contributed by atoms with van der Waals surface area (Å²) >= 11 is 1.07. The quantitative estimate of drug-likeness (QED) is 0.202. The Balaban J connectivity index is 1.94. The van der Waals surface area contributed by atoms with Gasteiger partial charge in [0.2, 0.25) is 5.13 Å². The van der Waals surface area contributed by atoms with Crippen LogP contribution in [-0.4, -0.2) is 37.1 Å². The molecule has 168 valence electrons. The molecule has 10 heteroatoms. The van der Waals surface area contributed by atoms with Gasteiger partial charge in [-0.2, -0.15) is 4.99 Å². The van der Waals surface area contributed by atoms with Crippen LogP contribution in [0, 0.1) is 11.7 Å². The van der Waals surface area contributed by atoms with E-state index in [4.69, 9.17) is 5.11 Å². The molecule has 4 N–H and O–H groups in total. The molecule has 0 bridgehead atoms. The van der Waals surface area contributed by atoms with Crippen LogP contribution in [0.3, 0.4) is 0 Å². The van der Waals surface area contributed by atoms with Crippen LogP contribution < -0.4 is 5.43 Å². The highest BCUT2D eigenvalue weighted by Gasteiger charge is 2.33. The summed E-state index contributed by atoms with van der Waals surface area (Å²) < 4.78 is 13.9. The number of nitrogens with one attached hydrogen (secondary N) is 1. The van der Waals surface area contributed by atoms with E-state index >= 15 is 0 Å². The molecule has 0 aliphatic carbocycles. The highest BCUT2D eigenvalue weighted by atomic mass is 32.1. The highest BCUT2D eigenvalue weighted by Crippen LogP contribution is 2.29. The van der Waals surface area contributed by atoms with Gasteiger partial charge in [0.1, 0.15) is 10.7 Å². The number of hydroxylamine groups is 2. The molecule has 32 heavy (non-hydrogen) atoms. The second kappa shape index (κ2) is 9.53. The van der Waals surface area contributed by atoms with E-state index in [1.165, 1.54) is 30.3 Å². The summed E-state index contributed by atoms with van der Waals surface area (Å²) in [5.41, 5.74) is 4.37. The second-order valence-electron chi connectivity index (χ2n) is 7.18. The van der Waals surface area contributed by atoms with Crippen molar-refractivity contribution in [1.82, 2.24) is 4.98 Å². The third-order valence-corrected chi connectivity index (χ3v) is 5.84. The molecule has 0 aliphatic rings. The summed E-state index contributed by atoms with van der Waals surface area (Å²) in [4.78, 5) is 18.2. The number of anilines is 1. The van der Waals surface area contributed by atoms with E-state index in [0.717, 1.165) is 17.8 Å². The maximum Gasteiger partial charge on any atom is 0.335 e. The minimum atomic E-state index is -1.77. The van der Waals surface area contributed by atoms with Crippen LogP contribution in [0.15, 0.2) is 59.4 Å². The number of hydrogen-bond acceptors (Lipinski definition) is 7. The standard InChI is InChI=1S/C22H23FN4O4S/c1-4-13(3)20(14-6-9-16(23)10-7-14)25-19(5-2)27(30,31)26-22-24-17-11-8-15(21(28)29)12-18(17)32-22/h5-13,30-31H,4H2,1-3H3,(H-,24,26,28,29)/p+1/b19-5+,25-20+. The lowest BCUT2D eigenvalue weighted by Gasteiger charge is -2.21. The number of aliphatic imine (C=N–C) groups is 1. The average molecular weight is 460 g/mol. The number of thiazole rings is 1. The number of nitrogens with zero attached hydrogens (tertiary/aromatic N) is 3. The number of carboxylic acid groups (broad SMARTS) is 1. The lowest BCUT2D eigenvalue weighted by molar-refractivity contribution is -1.20. The van der Waals surface area contributed by atoms with Gasteiger partial charge in [-0.3, -0.25) is 0 Å². The number of quaternary nitrogens is 1. The smallest absolute Gasteiger partial charge is 0.335 e. The van der Waals surface area contributed by atoms with Crippen molar-refractivity contribution in [2.45, 2.75) is 27.2 Å². The first-order valence-electron chi connectivity index (χ1n) is 9.92. The molecule has 1 heterocycles. The van der Waals surface area contributed by atoms with E-state index in [1.807, 2.05) is 13.8 Å². The SMILES string of the molecule is C/C=C(\N=C(\c1ccc(F)cc1)C(C)CC)[N+](O)(O)Nc1nc2ccc(C(=O)O)cc2s1. The molecule has 8 nitrogen and oxygen atoms in total. The number of hydrogen-bond donors (Lipinski definition) is 4. The molecule has 0 saturated carbocycles. The van der Waals surface area contributed by atoms with Crippen LogP contribution in [-0.2, 0) is 0 Å². The Kier molecular flexibility index (Phi) is 6.99. The number of aromatic nitrogens is 1. The number of carboxylic acids is 1. The fraction of sp³-hybridized carbons (Fsp3) is 0.227. The number of halogens is 1. The maximum atomic E-state index is 13.4. The molecule has 0 radical (unpaired) electrons. The molecule has 2 aromatic carbocycles. The number of allylic oxidation sites excluding steroid dienone is 1. The molecule has 0 spiro atoms. The van der Waals surface area contributed by atoms with E-state index in [-0.39, 0.29) is 28.3 Å². The van der Waals surface area contributed by atoms with Crippen molar-refractivity contribution in [2.24, 2.45) is 10.9 Å². The van der Waals surface area contributed by atoms with E-state index in [9.17, 15) is 19.6 Å². The summed E-state index contributed by atoms with van der Waals surface area (Å²) in [6, 6.07) is 10.3. The molecule has 0 fully saturated rings. The zero-order valence-electron chi connectivity index (χ0n) is 17.8. The van der Waals surface area contributed by atoms with E-state index in [2.05, 4.69) is 15.4 Å². The average Bonchev–Trinajstić information content (AvgIpc) is 3.15. The summed E-state index contributed by atoms with van der Waals surface area (Å²) in [6.07, 6.45) is 2.18. The van der Waals surface area contributed by atoms with Gasteiger partial charge < -0.3 is 5.11 Å². The normalized spacial score (nSPS) is 13.9. The van der Waals surface area contributed by atoms with Gasteiger partial charge in [-0.1, -0.05) is 37.3 Å². The summed E-state index contributed by atoms with van der Waals surface area (Å²) in [6.45, 7) is 5.53. The van der Waals surface area contributed by atoms with Crippen molar-refractivity contribution < 1.29 is 29.6 Å². The first kappa shape index (κ1) is 23.5. The molecule has 3 rings (SSSR count). The summed E-state index contributed by atoms with van der Waals surface area (Å²) in [7, 11) is 0. The topological polar surface area (TPSA) is 115 Å². The lowest BCUT2D eigenvalue weighted by atomic mass is 9.96. The Morgan fingerprint density at radius 3 is 2.50 bits per heavy atom. The predicted molar refractivity (Wildman–Crippen MR) is 120 cm³/mol. The van der Waals surface area contributed by atoms with Gasteiger partial charge in [-0.15, -0.1) is 15.8 Å². The summed E-state index contributed by atoms with van der Waals surface area (Å²) in [5, 5.41) is 30.7. The number of aromatic carboxylic acids is 1. The van der Waals surface area contributed by atoms with Crippen molar-refractivity contribution in [1.29, 1.82) is 0 Å². The Labute approximate surface area is 188 Å². The van der Waals surface area contributed by atoms with Gasteiger partial charge in [0.15, 0.2) is 0 Å². The van der Waals surface area contributed by atoms with E-state index in [1.54, 1.807) is 25.1 Å². The van der Waals surface area contributed by atoms with Crippen LogP contribution in [0.4, 0.5) is 9.52 Å². The molecule has 0 amide bonds. The number of carbonyl (C=O) groups is 1.